The number of nitrogens with zero attached hydrogens (tertiary/aromatic N) is 1. The van der Waals surface area contributed by atoms with Gasteiger partial charge in [-0.1, -0.05) is 25.5 Å². The van der Waals surface area contributed by atoms with Gasteiger partial charge in [0.25, 0.3) is 0 Å². The molecule has 0 radical (unpaired) electrons. The van der Waals surface area contributed by atoms with Crippen LogP contribution in [0.5, 0.6) is 0 Å². The van der Waals surface area contributed by atoms with Crippen LogP contribution in [0.25, 0.3) is 0 Å². The number of anilines is 1. The standard InChI is InChI=1S/C16H24N2O/c1-3-4-5-13-6-8-14(9-7-13)17-12-16(19)18(2)15-10-11-15/h6-9,15,17H,3-5,10-12H2,1-2H3. The Hall–Kier alpha value is -1.51. The number of unbranched alkanes of at least 4 members (excludes halogenated alkanes) is 1. The summed E-state index contributed by atoms with van der Waals surface area (Å²) in [5.74, 6) is 0.178. The first-order chi connectivity index (χ1) is 9.20. The van der Waals surface area contributed by atoms with E-state index in [1.54, 1.807) is 0 Å². The van der Waals surface area contributed by atoms with E-state index in [2.05, 4.69) is 36.5 Å². The zero-order valence-corrected chi connectivity index (χ0v) is 12.0. The fourth-order valence-electron chi connectivity index (χ4n) is 2.14. The van der Waals surface area contributed by atoms with Gasteiger partial charge >= 0.3 is 0 Å². The van der Waals surface area contributed by atoms with Crippen LogP contribution < -0.4 is 5.32 Å². The van der Waals surface area contributed by atoms with Crippen molar-refractivity contribution in [1.29, 1.82) is 0 Å². The Bertz CT molecular complexity index is 409. The molecule has 1 N–H and O–H groups in total. The van der Waals surface area contributed by atoms with E-state index in [-0.39, 0.29) is 5.91 Å². The summed E-state index contributed by atoms with van der Waals surface area (Å²) in [6.45, 7) is 2.60. The first kappa shape index (κ1) is 13.9. The van der Waals surface area contributed by atoms with Gasteiger partial charge < -0.3 is 10.2 Å². The third kappa shape index (κ3) is 4.27. The number of nitrogens with one attached hydrogen (secondary N) is 1. The van der Waals surface area contributed by atoms with E-state index in [1.165, 1.54) is 18.4 Å². The van der Waals surface area contributed by atoms with Crippen molar-refractivity contribution in [3.8, 4) is 0 Å². The third-order valence-electron chi connectivity index (χ3n) is 3.70. The quantitative estimate of drug-likeness (QED) is 0.817. The van der Waals surface area contributed by atoms with Crippen molar-refractivity contribution in [3.63, 3.8) is 0 Å². The molecule has 0 aliphatic heterocycles. The van der Waals surface area contributed by atoms with Gasteiger partial charge in [-0.2, -0.15) is 0 Å². The number of hydrogen-bond acceptors (Lipinski definition) is 2. The lowest BCUT2D eigenvalue weighted by Gasteiger charge is -2.17. The largest absolute Gasteiger partial charge is 0.376 e. The van der Waals surface area contributed by atoms with Gasteiger partial charge in [-0.05, 0) is 43.4 Å². The number of hydrogen-bond donors (Lipinski definition) is 1. The average Bonchev–Trinajstić information content (AvgIpc) is 3.27. The third-order valence-corrected chi connectivity index (χ3v) is 3.70. The highest BCUT2D eigenvalue weighted by molar-refractivity contribution is 5.81. The Kier molecular flexibility index (Phi) is 4.83. The second kappa shape index (κ2) is 6.60. The van der Waals surface area contributed by atoms with Crippen LogP contribution >= 0.6 is 0 Å². The monoisotopic (exact) mass is 260 g/mol. The minimum absolute atomic E-state index is 0.178. The summed E-state index contributed by atoms with van der Waals surface area (Å²) in [4.78, 5) is 13.7. The Morgan fingerprint density at radius 3 is 2.58 bits per heavy atom. The minimum atomic E-state index is 0.178. The molecule has 2 rings (SSSR count). The lowest BCUT2D eigenvalue weighted by Crippen LogP contribution is -2.33. The molecule has 3 heteroatoms. The Morgan fingerprint density at radius 1 is 1.32 bits per heavy atom. The lowest BCUT2D eigenvalue weighted by atomic mass is 10.1. The zero-order chi connectivity index (χ0) is 13.7. The predicted octanol–water partition coefficient (Wildman–Crippen LogP) is 3.06. The van der Waals surface area contributed by atoms with Crippen LogP contribution in [0.15, 0.2) is 24.3 Å². The number of likely N-dealkylation sites (N-methyl/N-ethyl adjacent to an activating group) is 1. The Labute approximate surface area is 116 Å². The van der Waals surface area contributed by atoms with E-state index < -0.39 is 0 Å². The topological polar surface area (TPSA) is 32.3 Å². The summed E-state index contributed by atoms with van der Waals surface area (Å²) in [6, 6.07) is 8.91. The van der Waals surface area contributed by atoms with Crippen LogP contribution in [-0.4, -0.2) is 30.4 Å². The molecule has 0 heterocycles. The molecular formula is C16H24N2O. The highest BCUT2D eigenvalue weighted by Gasteiger charge is 2.29. The second-order valence-corrected chi connectivity index (χ2v) is 5.39. The van der Waals surface area contributed by atoms with Gasteiger partial charge in [0.15, 0.2) is 0 Å². The van der Waals surface area contributed by atoms with E-state index in [1.807, 2.05) is 11.9 Å². The van der Waals surface area contributed by atoms with Crippen molar-refractivity contribution in [1.82, 2.24) is 4.90 Å². The normalized spacial score (nSPS) is 14.2. The minimum Gasteiger partial charge on any atom is -0.376 e. The van der Waals surface area contributed by atoms with Crippen molar-refractivity contribution in [3.05, 3.63) is 29.8 Å². The zero-order valence-electron chi connectivity index (χ0n) is 12.0. The van der Waals surface area contributed by atoms with Crippen molar-refractivity contribution < 1.29 is 4.79 Å². The van der Waals surface area contributed by atoms with Crippen LogP contribution in [0, 0.1) is 0 Å². The highest BCUT2D eigenvalue weighted by atomic mass is 16.2. The first-order valence-corrected chi connectivity index (χ1v) is 7.29. The molecule has 0 atom stereocenters. The molecule has 0 spiro atoms. The summed E-state index contributed by atoms with van der Waals surface area (Å²) >= 11 is 0. The molecule has 1 amide bonds. The van der Waals surface area contributed by atoms with Crippen molar-refractivity contribution in [2.45, 2.75) is 45.1 Å². The van der Waals surface area contributed by atoms with E-state index in [4.69, 9.17) is 0 Å². The molecule has 19 heavy (non-hydrogen) atoms. The molecule has 1 aromatic rings. The van der Waals surface area contributed by atoms with E-state index in [0.29, 0.717) is 12.6 Å². The molecule has 0 aromatic heterocycles. The molecule has 1 fully saturated rings. The second-order valence-electron chi connectivity index (χ2n) is 5.39. The van der Waals surface area contributed by atoms with Crippen LogP contribution in [0.4, 0.5) is 5.69 Å². The number of amides is 1. The molecule has 1 aliphatic rings. The molecular weight excluding hydrogens is 236 g/mol. The lowest BCUT2D eigenvalue weighted by molar-refractivity contribution is -0.128. The fourth-order valence-corrected chi connectivity index (χ4v) is 2.14. The van der Waals surface area contributed by atoms with Gasteiger partial charge in [0.05, 0.1) is 6.54 Å². The first-order valence-electron chi connectivity index (χ1n) is 7.29. The Balaban J connectivity index is 1.77. The van der Waals surface area contributed by atoms with Crippen LogP contribution in [-0.2, 0) is 11.2 Å². The maximum Gasteiger partial charge on any atom is 0.241 e. The fraction of sp³-hybridized carbons (Fsp3) is 0.562. The van der Waals surface area contributed by atoms with E-state index >= 15 is 0 Å². The maximum absolute atomic E-state index is 11.9. The van der Waals surface area contributed by atoms with Gasteiger partial charge in [-0.15, -0.1) is 0 Å². The number of aryl methyl sites for hydroxylation is 1. The van der Waals surface area contributed by atoms with E-state index in [9.17, 15) is 4.79 Å². The molecule has 3 nitrogen and oxygen atoms in total. The number of rotatable bonds is 7. The Morgan fingerprint density at radius 2 is 2.00 bits per heavy atom. The van der Waals surface area contributed by atoms with Crippen LogP contribution in [0.3, 0.4) is 0 Å². The molecule has 0 unspecified atom stereocenters. The van der Waals surface area contributed by atoms with Gasteiger partial charge in [0.2, 0.25) is 5.91 Å². The summed E-state index contributed by atoms with van der Waals surface area (Å²) < 4.78 is 0. The summed E-state index contributed by atoms with van der Waals surface area (Å²) in [7, 11) is 1.90. The molecule has 104 valence electrons. The molecule has 1 saturated carbocycles. The van der Waals surface area contributed by atoms with Crippen LogP contribution in [0.1, 0.15) is 38.2 Å². The van der Waals surface area contributed by atoms with Gasteiger partial charge in [-0.25, -0.2) is 0 Å². The van der Waals surface area contributed by atoms with E-state index in [0.717, 1.165) is 24.9 Å². The summed E-state index contributed by atoms with van der Waals surface area (Å²) in [5.41, 5.74) is 2.40. The molecule has 1 aliphatic carbocycles. The summed E-state index contributed by atoms with van der Waals surface area (Å²) in [6.07, 6.45) is 5.92. The number of carbonyl (C=O) groups is 1. The van der Waals surface area contributed by atoms with Gasteiger partial charge in [0, 0.05) is 18.8 Å². The van der Waals surface area contributed by atoms with Crippen molar-refractivity contribution in [2.24, 2.45) is 0 Å². The maximum atomic E-state index is 11.9. The predicted molar refractivity (Wildman–Crippen MR) is 79.3 cm³/mol. The SMILES string of the molecule is CCCCc1ccc(NCC(=O)N(C)C2CC2)cc1. The number of carbonyl (C=O) groups excluding carboxylic acids is 1. The van der Waals surface area contributed by atoms with Gasteiger partial charge in [0.1, 0.15) is 0 Å². The van der Waals surface area contributed by atoms with Crippen LogP contribution in [0.2, 0.25) is 0 Å². The smallest absolute Gasteiger partial charge is 0.241 e. The van der Waals surface area contributed by atoms with Gasteiger partial charge in [-0.3, -0.25) is 4.79 Å². The molecule has 0 bridgehead atoms. The molecule has 0 saturated heterocycles. The summed E-state index contributed by atoms with van der Waals surface area (Å²) in [5, 5.41) is 3.20. The van der Waals surface area contributed by atoms with Crippen molar-refractivity contribution >= 4 is 11.6 Å². The van der Waals surface area contributed by atoms with Crippen molar-refractivity contribution in [2.75, 3.05) is 18.9 Å². The number of benzene rings is 1. The average molecular weight is 260 g/mol. The molecule has 1 aromatic carbocycles. The highest BCUT2D eigenvalue weighted by Crippen LogP contribution is 2.25.